The summed E-state index contributed by atoms with van der Waals surface area (Å²) in [5.41, 5.74) is 0.903. The summed E-state index contributed by atoms with van der Waals surface area (Å²) >= 11 is 0. The number of unbranched alkanes of at least 4 members (excludes halogenated alkanes) is 2. The largest absolute Gasteiger partial charge is 0.416 e. The summed E-state index contributed by atoms with van der Waals surface area (Å²) in [6, 6.07) is 0.987. The second kappa shape index (κ2) is 8.75. The van der Waals surface area contributed by atoms with E-state index in [0.717, 1.165) is 0 Å². The molecule has 5 nitrogen and oxygen atoms in total. The number of benzene rings is 1. The average molecular weight is 395 g/mol. The fraction of sp³-hybridized carbons (Fsp3) is 0.438. The van der Waals surface area contributed by atoms with Crippen molar-refractivity contribution in [2.75, 3.05) is 0 Å². The number of alkyl halides is 6. The van der Waals surface area contributed by atoms with E-state index in [4.69, 9.17) is 11.0 Å². The summed E-state index contributed by atoms with van der Waals surface area (Å²) in [6.45, 7) is 0. The van der Waals surface area contributed by atoms with Crippen LogP contribution >= 0.6 is 0 Å². The van der Waals surface area contributed by atoms with Crippen LogP contribution in [0.5, 0.6) is 0 Å². The van der Waals surface area contributed by atoms with Crippen LogP contribution in [0.25, 0.3) is 0 Å². The molecule has 0 heterocycles. The standard InChI is InChI=1S/C16H15F6N3O2/c17-15(18,19)10-6-9(7-11(8-10)16(20,21)22)14(27)25-12(13(24)26)4-2-1-3-5-23/h6-8,12H,1-4H2,(H2,24,26)(H,25,27)/t12-/m0/s1. The van der Waals surface area contributed by atoms with Gasteiger partial charge in [-0.3, -0.25) is 9.59 Å². The first kappa shape index (κ1) is 22.3. The van der Waals surface area contributed by atoms with E-state index in [1.54, 1.807) is 0 Å². The number of hydrogen-bond acceptors (Lipinski definition) is 3. The third-order valence-electron chi connectivity index (χ3n) is 3.53. The molecular formula is C16H15F6N3O2. The minimum absolute atomic E-state index is 0.00611. The highest BCUT2D eigenvalue weighted by Crippen LogP contribution is 2.36. The van der Waals surface area contributed by atoms with Crippen molar-refractivity contribution in [3.63, 3.8) is 0 Å². The molecular weight excluding hydrogens is 380 g/mol. The van der Waals surface area contributed by atoms with Crippen LogP contribution in [0.4, 0.5) is 26.3 Å². The molecule has 0 fully saturated rings. The molecule has 11 heteroatoms. The van der Waals surface area contributed by atoms with E-state index in [1.165, 1.54) is 0 Å². The van der Waals surface area contributed by atoms with Crippen molar-refractivity contribution in [2.45, 2.75) is 44.1 Å². The van der Waals surface area contributed by atoms with Crippen LogP contribution in [0, 0.1) is 11.3 Å². The number of nitrogens with two attached hydrogens (primary N) is 1. The molecule has 0 saturated carbocycles. The van der Waals surface area contributed by atoms with Crippen LogP contribution < -0.4 is 11.1 Å². The Labute approximate surface area is 150 Å². The van der Waals surface area contributed by atoms with Crippen molar-refractivity contribution in [2.24, 2.45) is 5.73 Å². The minimum Gasteiger partial charge on any atom is -0.368 e. The monoisotopic (exact) mass is 395 g/mol. The Morgan fingerprint density at radius 1 is 1.04 bits per heavy atom. The number of primary amides is 1. The van der Waals surface area contributed by atoms with Crippen LogP contribution in [0.15, 0.2) is 18.2 Å². The van der Waals surface area contributed by atoms with Crippen molar-refractivity contribution in [1.82, 2.24) is 5.32 Å². The second-order valence-electron chi connectivity index (χ2n) is 5.63. The maximum atomic E-state index is 12.8. The topological polar surface area (TPSA) is 96.0 Å². The number of hydrogen-bond donors (Lipinski definition) is 2. The van der Waals surface area contributed by atoms with Crippen molar-refractivity contribution in [1.29, 1.82) is 5.26 Å². The summed E-state index contributed by atoms with van der Waals surface area (Å²) in [5, 5.41) is 10.5. The SMILES string of the molecule is N#CCCCC[C@H](NC(=O)c1cc(C(F)(F)F)cc(C(F)(F)F)c1)C(N)=O. The number of amides is 2. The van der Waals surface area contributed by atoms with Gasteiger partial charge in [-0.1, -0.05) is 0 Å². The van der Waals surface area contributed by atoms with Crippen LogP contribution in [0.3, 0.4) is 0 Å². The lowest BCUT2D eigenvalue weighted by Crippen LogP contribution is -2.44. The van der Waals surface area contributed by atoms with Gasteiger partial charge in [0.2, 0.25) is 5.91 Å². The van der Waals surface area contributed by atoms with Crippen molar-refractivity contribution < 1.29 is 35.9 Å². The minimum atomic E-state index is -5.10. The highest BCUT2D eigenvalue weighted by atomic mass is 19.4. The van der Waals surface area contributed by atoms with E-state index in [9.17, 15) is 35.9 Å². The quantitative estimate of drug-likeness (QED) is 0.547. The Balaban J connectivity index is 3.10. The van der Waals surface area contributed by atoms with E-state index >= 15 is 0 Å². The summed E-state index contributed by atoms with van der Waals surface area (Å²) in [5.74, 6) is -2.29. The van der Waals surface area contributed by atoms with Gasteiger partial charge in [0, 0.05) is 12.0 Å². The zero-order valence-corrected chi connectivity index (χ0v) is 13.7. The van der Waals surface area contributed by atoms with E-state index < -0.39 is 46.9 Å². The van der Waals surface area contributed by atoms with Crippen LogP contribution in [-0.2, 0) is 17.1 Å². The molecule has 2 amide bonds. The highest BCUT2D eigenvalue weighted by molar-refractivity contribution is 5.97. The second-order valence-corrected chi connectivity index (χ2v) is 5.63. The van der Waals surface area contributed by atoms with Crippen molar-refractivity contribution in [3.05, 3.63) is 34.9 Å². The summed E-state index contributed by atoms with van der Waals surface area (Å²) in [6.07, 6.45) is -9.33. The molecule has 0 unspecified atom stereocenters. The van der Waals surface area contributed by atoms with Gasteiger partial charge in [-0.15, -0.1) is 0 Å². The maximum absolute atomic E-state index is 12.8. The van der Waals surface area contributed by atoms with Crippen LogP contribution in [0.2, 0.25) is 0 Å². The molecule has 0 bridgehead atoms. The molecule has 1 rings (SSSR count). The maximum Gasteiger partial charge on any atom is 0.416 e. The number of nitriles is 1. The Hall–Kier alpha value is -2.77. The van der Waals surface area contributed by atoms with Gasteiger partial charge in [-0.05, 0) is 37.5 Å². The zero-order chi connectivity index (χ0) is 20.8. The zero-order valence-electron chi connectivity index (χ0n) is 13.7. The number of carbonyl (C=O) groups is 2. The number of nitrogens with one attached hydrogen (secondary N) is 1. The summed E-state index contributed by atoms with van der Waals surface area (Å²) in [4.78, 5) is 23.5. The van der Waals surface area contributed by atoms with Gasteiger partial charge in [0.05, 0.1) is 17.2 Å². The van der Waals surface area contributed by atoms with Gasteiger partial charge in [0.15, 0.2) is 0 Å². The van der Waals surface area contributed by atoms with Gasteiger partial charge < -0.3 is 11.1 Å². The molecule has 0 spiro atoms. The number of halogens is 6. The van der Waals surface area contributed by atoms with Crippen molar-refractivity contribution in [3.8, 4) is 6.07 Å². The van der Waals surface area contributed by atoms with E-state index in [1.807, 2.05) is 11.4 Å². The van der Waals surface area contributed by atoms with Gasteiger partial charge in [0.25, 0.3) is 5.91 Å². The van der Waals surface area contributed by atoms with Gasteiger partial charge in [-0.25, -0.2) is 0 Å². The lowest BCUT2D eigenvalue weighted by Gasteiger charge is -2.17. The van der Waals surface area contributed by atoms with Gasteiger partial charge in [0.1, 0.15) is 6.04 Å². The molecule has 0 aliphatic heterocycles. The van der Waals surface area contributed by atoms with E-state index in [-0.39, 0.29) is 31.0 Å². The molecule has 0 aliphatic rings. The van der Waals surface area contributed by atoms with E-state index in [2.05, 4.69) is 0 Å². The third-order valence-corrected chi connectivity index (χ3v) is 3.53. The fourth-order valence-electron chi connectivity index (χ4n) is 2.17. The summed E-state index contributed by atoms with van der Waals surface area (Å²) in [7, 11) is 0. The molecule has 0 aromatic heterocycles. The lowest BCUT2D eigenvalue weighted by atomic mass is 10.0. The Kier molecular flexibility index (Phi) is 7.21. The molecule has 1 aromatic rings. The molecule has 148 valence electrons. The first-order valence-electron chi connectivity index (χ1n) is 7.63. The van der Waals surface area contributed by atoms with E-state index in [0.29, 0.717) is 12.8 Å². The lowest BCUT2D eigenvalue weighted by molar-refractivity contribution is -0.143. The number of carbonyl (C=O) groups excluding carboxylic acids is 2. The predicted octanol–water partition coefficient (Wildman–Crippen LogP) is 3.39. The normalized spacial score (nSPS) is 12.9. The number of nitrogens with zero attached hydrogens (tertiary/aromatic N) is 1. The highest BCUT2D eigenvalue weighted by Gasteiger charge is 2.37. The molecule has 27 heavy (non-hydrogen) atoms. The summed E-state index contributed by atoms with van der Waals surface area (Å²) < 4.78 is 77.0. The fourth-order valence-corrected chi connectivity index (χ4v) is 2.17. The first-order valence-corrected chi connectivity index (χ1v) is 7.63. The van der Waals surface area contributed by atoms with Gasteiger partial charge >= 0.3 is 12.4 Å². The van der Waals surface area contributed by atoms with Gasteiger partial charge in [-0.2, -0.15) is 31.6 Å². The first-order chi connectivity index (χ1) is 12.4. The molecule has 1 atom stereocenters. The Morgan fingerprint density at radius 2 is 1.56 bits per heavy atom. The molecule has 1 aromatic carbocycles. The Morgan fingerprint density at radius 3 is 1.96 bits per heavy atom. The van der Waals surface area contributed by atoms with Crippen molar-refractivity contribution >= 4 is 11.8 Å². The third kappa shape index (κ3) is 6.80. The van der Waals surface area contributed by atoms with Crippen LogP contribution in [0.1, 0.15) is 47.2 Å². The predicted molar refractivity (Wildman–Crippen MR) is 81.0 cm³/mol. The molecule has 0 aliphatic carbocycles. The molecule has 0 radical (unpaired) electrons. The number of rotatable bonds is 7. The molecule has 3 N–H and O–H groups in total. The Bertz CT molecular complexity index is 705. The average Bonchev–Trinajstić information content (AvgIpc) is 2.55. The smallest absolute Gasteiger partial charge is 0.368 e. The molecule has 0 saturated heterocycles. The van der Waals surface area contributed by atoms with Crippen LogP contribution in [-0.4, -0.2) is 17.9 Å².